The van der Waals surface area contributed by atoms with Crippen LogP contribution in [0.1, 0.15) is 37.5 Å². The Morgan fingerprint density at radius 3 is 2.37 bits per heavy atom. The number of amides is 3. The highest BCUT2D eigenvalue weighted by Crippen LogP contribution is 2.42. The number of phenols is 1. The van der Waals surface area contributed by atoms with Crippen LogP contribution in [0.5, 0.6) is 5.75 Å². The molecule has 4 aromatic carbocycles. The predicted octanol–water partition coefficient (Wildman–Crippen LogP) is 5.02. The van der Waals surface area contributed by atoms with Gasteiger partial charge in [0.2, 0.25) is 0 Å². The van der Waals surface area contributed by atoms with Gasteiger partial charge in [-0.2, -0.15) is 0 Å². The number of benzene rings is 4. The van der Waals surface area contributed by atoms with E-state index < -0.39 is 30.2 Å². The summed E-state index contributed by atoms with van der Waals surface area (Å²) in [5, 5.41) is 28.8. The van der Waals surface area contributed by atoms with Crippen LogP contribution in [0, 0.1) is 0 Å². The number of phenolic OH excluding ortho intramolecular Hbond substituents is 1. The SMILES string of the molecule is O=C(O)CNC(=O)c1ccc(NCCCn2c3ccc(O)cc3c3c4c(c(-c5ccccc5Cl)cc32)C(=O)NC4=O)cc1. The number of nitrogens with one attached hydrogen (secondary N) is 3. The number of anilines is 1. The largest absolute Gasteiger partial charge is 0.508 e. The zero-order valence-electron chi connectivity index (χ0n) is 22.6. The Morgan fingerprint density at radius 2 is 1.63 bits per heavy atom. The molecule has 0 atom stereocenters. The number of halogens is 1. The zero-order valence-corrected chi connectivity index (χ0v) is 23.4. The maximum Gasteiger partial charge on any atom is 0.322 e. The van der Waals surface area contributed by atoms with Crippen molar-refractivity contribution in [2.75, 3.05) is 18.4 Å². The molecule has 0 saturated heterocycles. The quantitative estimate of drug-likeness (QED) is 0.118. The Morgan fingerprint density at radius 1 is 0.884 bits per heavy atom. The number of hydrogen-bond donors (Lipinski definition) is 5. The summed E-state index contributed by atoms with van der Waals surface area (Å²) >= 11 is 6.54. The number of carboxylic acid groups (broad SMARTS) is 1. The second kappa shape index (κ2) is 11.1. The Hall–Kier alpha value is -5.35. The van der Waals surface area contributed by atoms with Gasteiger partial charge >= 0.3 is 5.97 Å². The Bertz CT molecular complexity index is 1970. The van der Waals surface area contributed by atoms with Crippen LogP contribution in [0.2, 0.25) is 5.02 Å². The number of carbonyl (C=O) groups excluding carboxylic acids is 3. The number of aromatic hydroxyl groups is 1. The van der Waals surface area contributed by atoms with E-state index in [0.717, 1.165) is 16.7 Å². The standard InChI is InChI=1S/C32H25ClN4O6/c33-23-5-2-1-4-20(23)21-15-25-27(29-28(21)31(42)36-32(29)43)22-14-19(38)10-11-24(22)37(25)13-3-12-34-18-8-6-17(7-9-18)30(41)35-16-26(39)40/h1-2,4-11,14-15,34,38H,3,12-13,16H2,(H,35,41)(H,39,40)(H,36,42,43). The van der Waals surface area contributed by atoms with Crippen LogP contribution in [0.4, 0.5) is 5.69 Å². The summed E-state index contributed by atoms with van der Waals surface area (Å²) in [4.78, 5) is 48.9. The normalized spacial score (nSPS) is 12.4. The third-order valence-electron chi connectivity index (χ3n) is 7.42. The molecule has 11 heteroatoms. The molecule has 0 saturated carbocycles. The van der Waals surface area contributed by atoms with E-state index in [0.29, 0.717) is 52.0 Å². The van der Waals surface area contributed by atoms with Crippen molar-refractivity contribution >= 4 is 62.8 Å². The highest BCUT2D eigenvalue weighted by molar-refractivity contribution is 6.36. The second-order valence-electron chi connectivity index (χ2n) is 10.1. The van der Waals surface area contributed by atoms with E-state index in [1.165, 1.54) is 0 Å². The molecule has 0 aliphatic carbocycles. The first-order valence-corrected chi connectivity index (χ1v) is 13.9. The molecule has 2 heterocycles. The van der Waals surface area contributed by atoms with Gasteiger partial charge in [-0.3, -0.25) is 24.5 Å². The van der Waals surface area contributed by atoms with Gasteiger partial charge in [-0.25, -0.2) is 0 Å². The van der Waals surface area contributed by atoms with Crippen LogP contribution in [0.15, 0.2) is 72.8 Å². The fourth-order valence-corrected chi connectivity index (χ4v) is 5.77. The summed E-state index contributed by atoms with van der Waals surface area (Å²) < 4.78 is 2.07. The molecule has 0 fully saturated rings. The number of aliphatic carboxylic acids is 1. The number of carbonyl (C=O) groups is 4. The first kappa shape index (κ1) is 27.8. The number of hydrogen-bond acceptors (Lipinski definition) is 6. The lowest BCUT2D eigenvalue weighted by molar-refractivity contribution is -0.135. The van der Waals surface area contributed by atoms with Gasteiger partial charge in [0.1, 0.15) is 12.3 Å². The zero-order chi connectivity index (χ0) is 30.2. The van der Waals surface area contributed by atoms with Gasteiger partial charge in [0.25, 0.3) is 17.7 Å². The van der Waals surface area contributed by atoms with Crippen molar-refractivity contribution in [2.45, 2.75) is 13.0 Å². The minimum atomic E-state index is -1.12. The Labute approximate surface area is 249 Å². The monoisotopic (exact) mass is 596 g/mol. The number of imide groups is 1. The van der Waals surface area contributed by atoms with E-state index in [2.05, 4.69) is 20.5 Å². The molecule has 0 spiro atoms. The van der Waals surface area contributed by atoms with Crippen LogP contribution < -0.4 is 16.0 Å². The molecule has 6 rings (SSSR count). The molecule has 0 unspecified atom stereocenters. The van der Waals surface area contributed by atoms with E-state index in [4.69, 9.17) is 16.7 Å². The molecule has 5 aromatic rings. The minimum Gasteiger partial charge on any atom is -0.508 e. The third-order valence-corrected chi connectivity index (χ3v) is 7.75. The molecule has 1 aliphatic rings. The van der Waals surface area contributed by atoms with Crippen LogP contribution in [-0.2, 0) is 11.3 Å². The molecular weight excluding hydrogens is 572 g/mol. The van der Waals surface area contributed by atoms with Gasteiger partial charge in [-0.15, -0.1) is 0 Å². The maximum absolute atomic E-state index is 13.1. The highest BCUT2D eigenvalue weighted by atomic mass is 35.5. The van der Waals surface area contributed by atoms with E-state index in [1.807, 2.05) is 18.2 Å². The van der Waals surface area contributed by atoms with Crippen molar-refractivity contribution in [1.82, 2.24) is 15.2 Å². The summed E-state index contributed by atoms with van der Waals surface area (Å²) in [5.41, 5.74) is 4.38. The molecule has 216 valence electrons. The van der Waals surface area contributed by atoms with Gasteiger partial charge in [-0.1, -0.05) is 29.8 Å². The summed E-state index contributed by atoms with van der Waals surface area (Å²) in [5.74, 6) is -2.53. The molecular formula is C32H25ClN4O6. The molecule has 0 bridgehead atoms. The number of aromatic nitrogens is 1. The maximum atomic E-state index is 13.1. The average molecular weight is 597 g/mol. The summed E-state index contributed by atoms with van der Waals surface area (Å²) in [6.07, 6.45) is 0.671. The van der Waals surface area contributed by atoms with Gasteiger partial charge < -0.3 is 25.4 Å². The van der Waals surface area contributed by atoms with E-state index in [1.54, 1.807) is 54.6 Å². The first-order chi connectivity index (χ1) is 20.7. The number of nitrogens with zero attached hydrogens (tertiary/aromatic N) is 1. The van der Waals surface area contributed by atoms with Gasteiger partial charge in [0, 0.05) is 51.2 Å². The van der Waals surface area contributed by atoms with Crippen molar-refractivity contribution < 1.29 is 29.4 Å². The number of fused-ring (bicyclic) bond motifs is 5. The lowest BCUT2D eigenvalue weighted by Crippen LogP contribution is -2.29. The topological polar surface area (TPSA) is 150 Å². The van der Waals surface area contributed by atoms with E-state index >= 15 is 0 Å². The first-order valence-electron chi connectivity index (χ1n) is 13.5. The summed E-state index contributed by atoms with van der Waals surface area (Å²) in [7, 11) is 0. The van der Waals surface area contributed by atoms with Crippen molar-refractivity contribution in [3.05, 3.63) is 94.5 Å². The molecule has 0 radical (unpaired) electrons. The Balaban J connectivity index is 1.32. The molecule has 10 nitrogen and oxygen atoms in total. The fraction of sp³-hybridized carbons (Fsp3) is 0.125. The van der Waals surface area contributed by atoms with Gasteiger partial charge in [-0.05, 0) is 66.6 Å². The number of aryl methyl sites for hydroxylation is 1. The lowest BCUT2D eigenvalue weighted by atomic mass is 9.93. The van der Waals surface area contributed by atoms with Crippen LogP contribution in [-0.4, -0.2) is 51.6 Å². The lowest BCUT2D eigenvalue weighted by Gasteiger charge is -2.13. The summed E-state index contributed by atoms with van der Waals surface area (Å²) in [6.45, 7) is 0.666. The smallest absolute Gasteiger partial charge is 0.322 e. The minimum absolute atomic E-state index is 0.0435. The second-order valence-corrected chi connectivity index (χ2v) is 10.5. The Kier molecular flexibility index (Phi) is 7.21. The van der Waals surface area contributed by atoms with Crippen molar-refractivity contribution in [2.24, 2.45) is 0 Å². The van der Waals surface area contributed by atoms with E-state index in [9.17, 15) is 24.3 Å². The fourth-order valence-electron chi connectivity index (χ4n) is 5.54. The van der Waals surface area contributed by atoms with Crippen LogP contribution >= 0.6 is 11.6 Å². The number of carboxylic acids is 1. The van der Waals surface area contributed by atoms with Crippen molar-refractivity contribution in [3.8, 4) is 16.9 Å². The molecule has 1 aliphatic heterocycles. The molecule has 43 heavy (non-hydrogen) atoms. The van der Waals surface area contributed by atoms with Crippen LogP contribution in [0.3, 0.4) is 0 Å². The third kappa shape index (κ3) is 5.13. The highest BCUT2D eigenvalue weighted by Gasteiger charge is 2.35. The van der Waals surface area contributed by atoms with Crippen molar-refractivity contribution in [1.29, 1.82) is 0 Å². The summed E-state index contributed by atoms with van der Waals surface area (Å²) in [6, 6.07) is 20.7. The van der Waals surface area contributed by atoms with E-state index in [-0.39, 0.29) is 16.9 Å². The predicted molar refractivity (Wildman–Crippen MR) is 163 cm³/mol. The molecule has 1 aromatic heterocycles. The average Bonchev–Trinajstić information content (AvgIpc) is 3.46. The van der Waals surface area contributed by atoms with Gasteiger partial charge in [0.05, 0.1) is 16.6 Å². The van der Waals surface area contributed by atoms with Gasteiger partial charge in [0.15, 0.2) is 0 Å². The number of rotatable bonds is 9. The van der Waals surface area contributed by atoms with Crippen molar-refractivity contribution in [3.63, 3.8) is 0 Å². The molecule has 3 amide bonds. The van der Waals surface area contributed by atoms with Crippen LogP contribution in [0.25, 0.3) is 32.9 Å². The molecule has 5 N–H and O–H groups in total.